The number of hydrogen-bond donors (Lipinski definition) is 1. The van der Waals surface area contributed by atoms with Gasteiger partial charge in [0.05, 0.1) is 32.6 Å². The van der Waals surface area contributed by atoms with E-state index in [0.29, 0.717) is 6.42 Å². The van der Waals surface area contributed by atoms with Crippen LogP contribution in [0.25, 0.3) is 11.0 Å². The molecule has 4 aromatic rings. The minimum atomic E-state index is -3.72. The van der Waals surface area contributed by atoms with Crippen LogP contribution in [0.3, 0.4) is 0 Å². The molecule has 0 spiro atoms. The minimum absolute atomic E-state index is 0.00124. The zero-order chi connectivity index (χ0) is 24.5. The van der Waals surface area contributed by atoms with Gasteiger partial charge in [0.15, 0.2) is 0 Å². The number of aryl methyl sites for hydroxylation is 1. The van der Waals surface area contributed by atoms with Gasteiger partial charge >= 0.3 is 0 Å². The molecule has 3 aromatic carbocycles. The Morgan fingerprint density at radius 2 is 1.74 bits per heavy atom. The van der Waals surface area contributed by atoms with Gasteiger partial charge in [-0.1, -0.05) is 54.1 Å². The van der Waals surface area contributed by atoms with E-state index >= 15 is 0 Å². The predicted molar refractivity (Wildman–Crippen MR) is 133 cm³/mol. The van der Waals surface area contributed by atoms with Gasteiger partial charge in [-0.05, 0) is 35.9 Å². The normalized spacial score (nSPS) is 12.7. The highest BCUT2D eigenvalue weighted by atomic mass is 35.5. The Hall–Kier alpha value is -3.20. The van der Waals surface area contributed by atoms with E-state index in [4.69, 9.17) is 16.6 Å². The summed E-state index contributed by atoms with van der Waals surface area (Å²) in [5.41, 5.74) is 2.87. The van der Waals surface area contributed by atoms with E-state index in [-0.39, 0.29) is 15.5 Å². The van der Waals surface area contributed by atoms with E-state index in [2.05, 4.69) is 5.32 Å². The molecule has 34 heavy (non-hydrogen) atoms. The maximum Gasteiger partial charge on any atom is 0.253 e. The molecule has 1 aromatic heterocycles. The van der Waals surface area contributed by atoms with Crippen LogP contribution in [-0.4, -0.2) is 42.3 Å². The van der Waals surface area contributed by atoms with Crippen LogP contribution in [0.5, 0.6) is 0 Å². The lowest BCUT2D eigenvalue weighted by Gasteiger charge is -2.20. The summed E-state index contributed by atoms with van der Waals surface area (Å²) in [6, 6.07) is 21.1. The third-order valence-corrected chi connectivity index (χ3v) is 7.88. The summed E-state index contributed by atoms with van der Waals surface area (Å²) in [6.07, 6.45) is 0.439. The number of benzene rings is 3. The standard InChI is InChI=1S/C25H25ClN4O3S/c1-29(2)34(32,33)18-13-14-20(26)19(15-18)25(31)28-22(17-9-5-4-6-10-17)16-24-27-21-11-7-8-12-23(21)30(24)3/h4-15,22H,16H2,1-3H3,(H,28,31). The van der Waals surface area contributed by atoms with Crippen LogP contribution in [-0.2, 0) is 23.5 Å². The molecule has 0 aliphatic carbocycles. The molecule has 4 rings (SSSR count). The first-order chi connectivity index (χ1) is 16.2. The number of imidazole rings is 1. The van der Waals surface area contributed by atoms with Gasteiger partial charge in [0.25, 0.3) is 5.91 Å². The number of fused-ring (bicyclic) bond motifs is 1. The van der Waals surface area contributed by atoms with Crippen LogP contribution in [0.1, 0.15) is 27.8 Å². The fourth-order valence-electron chi connectivity index (χ4n) is 3.78. The Labute approximate surface area is 204 Å². The number of nitrogens with one attached hydrogen (secondary N) is 1. The van der Waals surface area contributed by atoms with Crippen molar-refractivity contribution < 1.29 is 13.2 Å². The van der Waals surface area contributed by atoms with E-state index in [0.717, 1.165) is 26.7 Å². The van der Waals surface area contributed by atoms with Gasteiger partial charge in [-0.15, -0.1) is 0 Å². The summed E-state index contributed by atoms with van der Waals surface area (Å²) in [7, 11) is 1.10. The molecule has 0 aliphatic heterocycles. The van der Waals surface area contributed by atoms with E-state index in [9.17, 15) is 13.2 Å². The van der Waals surface area contributed by atoms with Crippen molar-refractivity contribution in [2.45, 2.75) is 17.4 Å². The van der Waals surface area contributed by atoms with E-state index in [1.165, 1.54) is 32.3 Å². The van der Waals surface area contributed by atoms with Crippen molar-refractivity contribution in [1.82, 2.24) is 19.2 Å². The molecular formula is C25H25ClN4O3S. The molecule has 1 amide bonds. The molecule has 0 radical (unpaired) electrons. The van der Waals surface area contributed by atoms with Crippen molar-refractivity contribution in [1.29, 1.82) is 0 Å². The zero-order valence-electron chi connectivity index (χ0n) is 19.1. The molecule has 7 nitrogen and oxygen atoms in total. The molecule has 1 heterocycles. The number of rotatable bonds is 7. The summed E-state index contributed by atoms with van der Waals surface area (Å²) < 4.78 is 28.2. The number of sulfonamides is 1. The summed E-state index contributed by atoms with van der Waals surface area (Å²) in [5.74, 6) is 0.346. The Morgan fingerprint density at radius 3 is 2.41 bits per heavy atom. The van der Waals surface area contributed by atoms with Crippen LogP contribution in [0.2, 0.25) is 5.02 Å². The van der Waals surface area contributed by atoms with E-state index in [1.54, 1.807) is 0 Å². The van der Waals surface area contributed by atoms with Crippen LogP contribution >= 0.6 is 11.6 Å². The van der Waals surface area contributed by atoms with Gasteiger partial charge in [-0.2, -0.15) is 0 Å². The highest BCUT2D eigenvalue weighted by Gasteiger charge is 2.24. The van der Waals surface area contributed by atoms with Gasteiger partial charge in [-0.3, -0.25) is 4.79 Å². The first-order valence-corrected chi connectivity index (χ1v) is 12.5. The average Bonchev–Trinajstić information content (AvgIpc) is 3.14. The monoisotopic (exact) mass is 496 g/mol. The van der Waals surface area contributed by atoms with Crippen molar-refractivity contribution in [2.24, 2.45) is 7.05 Å². The third-order valence-electron chi connectivity index (χ3n) is 5.73. The third kappa shape index (κ3) is 4.70. The number of aromatic nitrogens is 2. The Bertz CT molecular complexity index is 1450. The Balaban J connectivity index is 1.69. The molecule has 9 heteroatoms. The maximum atomic E-state index is 13.3. The quantitative estimate of drug-likeness (QED) is 0.416. The van der Waals surface area contributed by atoms with Gasteiger partial charge in [-0.25, -0.2) is 17.7 Å². The molecule has 0 saturated carbocycles. The molecule has 0 aliphatic rings. The summed E-state index contributed by atoms with van der Waals surface area (Å²) in [6.45, 7) is 0. The topological polar surface area (TPSA) is 84.3 Å². The number of halogens is 1. The van der Waals surface area contributed by atoms with Gasteiger partial charge in [0, 0.05) is 27.6 Å². The lowest BCUT2D eigenvalue weighted by molar-refractivity contribution is 0.0936. The highest BCUT2D eigenvalue weighted by molar-refractivity contribution is 7.89. The molecule has 0 fully saturated rings. The SMILES string of the molecule is CN(C)S(=O)(=O)c1ccc(Cl)c(C(=O)NC(Cc2nc3ccccc3n2C)c2ccccc2)c1. The van der Waals surface area contributed by atoms with Gasteiger partial charge in [0.1, 0.15) is 5.82 Å². The predicted octanol–water partition coefficient (Wildman–Crippen LogP) is 4.19. The zero-order valence-corrected chi connectivity index (χ0v) is 20.6. The van der Waals surface area contributed by atoms with Crippen molar-refractivity contribution in [2.75, 3.05) is 14.1 Å². The van der Waals surface area contributed by atoms with Crippen molar-refractivity contribution >= 4 is 38.6 Å². The average molecular weight is 497 g/mol. The number of amides is 1. The van der Waals surface area contributed by atoms with E-state index in [1.807, 2.05) is 66.2 Å². The van der Waals surface area contributed by atoms with Gasteiger partial charge < -0.3 is 9.88 Å². The van der Waals surface area contributed by atoms with Gasteiger partial charge in [0.2, 0.25) is 10.0 Å². The lowest BCUT2D eigenvalue weighted by Crippen LogP contribution is -2.31. The molecule has 1 atom stereocenters. The second kappa shape index (κ2) is 9.58. The number of para-hydroxylation sites is 2. The second-order valence-corrected chi connectivity index (χ2v) is 10.7. The molecule has 1 N–H and O–H groups in total. The van der Waals surface area contributed by atoms with Crippen molar-refractivity contribution in [3.05, 3.63) is 94.8 Å². The Kier molecular flexibility index (Phi) is 6.74. The Morgan fingerprint density at radius 1 is 1.06 bits per heavy atom. The lowest BCUT2D eigenvalue weighted by atomic mass is 10.0. The molecule has 0 saturated heterocycles. The smallest absolute Gasteiger partial charge is 0.253 e. The number of nitrogens with zero attached hydrogens (tertiary/aromatic N) is 3. The van der Waals surface area contributed by atoms with Crippen molar-refractivity contribution in [3.63, 3.8) is 0 Å². The first kappa shape index (κ1) is 23.9. The summed E-state index contributed by atoms with van der Waals surface area (Å²) in [4.78, 5) is 18.1. The fourth-order valence-corrected chi connectivity index (χ4v) is 4.92. The summed E-state index contributed by atoms with van der Waals surface area (Å²) in [5, 5.41) is 3.20. The minimum Gasteiger partial charge on any atom is -0.345 e. The molecule has 176 valence electrons. The number of carbonyl (C=O) groups excluding carboxylic acids is 1. The fraction of sp³-hybridized carbons (Fsp3) is 0.200. The second-order valence-electron chi connectivity index (χ2n) is 8.15. The van der Waals surface area contributed by atoms with Crippen LogP contribution < -0.4 is 5.32 Å². The molecular weight excluding hydrogens is 472 g/mol. The molecule has 0 bridgehead atoms. The van der Waals surface area contributed by atoms with Crippen LogP contribution in [0, 0.1) is 0 Å². The summed E-state index contributed by atoms with van der Waals surface area (Å²) >= 11 is 6.30. The largest absolute Gasteiger partial charge is 0.345 e. The maximum absolute atomic E-state index is 13.3. The van der Waals surface area contributed by atoms with Crippen LogP contribution in [0.4, 0.5) is 0 Å². The number of carbonyl (C=O) groups is 1. The first-order valence-electron chi connectivity index (χ1n) is 10.7. The van der Waals surface area contributed by atoms with Crippen LogP contribution in [0.15, 0.2) is 77.7 Å². The van der Waals surface area contributed by atoms with Crippen molar-refractivity contribution in [3.8, 4) is 0 Å². The van der Waals surface area contributed by atoms with E-state index < -0.39 is 22.0 Å². The molecule has 1 unspecified atom stereocenters. The number of hydrogen-bond acceptors (Lipinski definition) is 4. The highest BCUT2D eigenvalue weighted by Crippen LogP contribution is 2.25.